The lowest BCUT2D eigenvalue weighted by Gasteiger charge is -2.20. The minimum absolute atomic E-state index is 0.151. The quantitative estimate of drug-likeness (QED) is 0.232. The molecule has 4 aromatic rings. The summed E-state index contributed by atoms with van der Waals surface area (Å²) in [5.74, 6) is -0.762. The van der Waals surface area contributed by atoms with Crippen LogP contribution in [0.4, 0.5) is 0 Å². The Kier molecular flexibility index (Phi) is 9.78. The molecule has 6 N–H and O–H groups in total. The van der Waals surface area contributed by atoms with E-state index in [1.807, 2.05) is 24.3 Å². The highest BCUT2D eigenvalue weighted by atomic mass is 16.4. The van der Waals surface area contributed by atoms with Gasteiger partial charge in [-0.15, -0.1) is 0 Å². The van der Waals surface area contributed by atoms with Crippen molar-refractivity contribution in [2.24, 2.45) is 5.73 Å². The number of nitrogens with zero attached hydrogens (tertiary/aromatic N) is 1. The summed E-state index contributed by atoms with van der Waals surface area (Å²) in [6.45, 7) is -1.21. The van der Waals surface area contributed by atoms with Crippen LogP contribution in [0.5, 0.6) is 0 Å². The number of carboxylic acid groups (broad SMARTS) is 1. The number of aryl methyl sites for hydroxylation is 3. The number of hydrogen-bond donors (Lipinski definition) is 5. The fourth-order valence-electron chi connectivity index (χ4n) is 3.82. The Hall–Kier alpha value is -3.49. The molecule has 36 heavy (non-hydrogen) atoms. The number of aliphatic hydroxyl groups is 3. The van der Waals surface area contributed by atoms with Crippen molar-refractivity contribution >= 4 is 16.9 Å². The minimum atomic E-state index is -1.21. The minimum Gasteiger partial charge on any atom is -0.481 e. The smallest absolute Gasteiger partial charge is 0.303 e. The van der Waals surface area contributed by atoms with Crippen molar-refractivity contribution in [3.05, 3.63) is 102 Å². The fraction of sp³-hybridized carbons (Fsp3) is 0.276. The van der Waals surface area contributed by atoms with Gasteiger partial charge in [0, 0.05) is 23.7 Å². The summed E-state index contributed by atoms with van der Waals surface area (Å²) in [5, 5.41) is 35.3. The Morgan fingerprint density at radius 2 is 1.39 bits per heavy atom. The summed E-state index contributed by atoms with van der Waals surface area (Å²) in [5.41, 5.74) is 9.90. The zero-order valence-electron chi connectivity index (χ0n) is 20.3. The number of fused-ring (bicyclic) bond motifs is 1. The molecule has 0 amide bonds. The lowest BCUT2D eigenvalue weighted by atomic mass is 10.0. The van der Waals surface area contributed by atoms with Crippen LogP contribution in [0.25, 0.3) is 16.6 Å². The Labute approximate surface area is 211 Å². The molecular formula is C29H34N2O5. The number of aliphatic hydroxyl groups excluding tert-OH is 3. The molecule has 0 atom stereocenters. The van der Waals surface area contributed by atoms with Crippen LogP contribution in [0.1, 0.15) is 23.1 Å². The molecule has 190 valence electrons. The van der Waals surface area contributed by atoms with E-state index in [2.05, 4.69) is 65.4 Å². The summed E-state index contributed by atoms with van der Waals surface area (Å²) < 4.78 is 2.22. The predicted molar refractivity (Wildman–Crippen MR) is 141 cm³/mol. The molecule has 3 aromatic carbocycles. The average molecular weight is 491 g/mol. The molecule has 0 radical (unpaired) electrons. The monoisotopic (exact) mass is 490 g/mol. The highest BCUT2D eigenvalue weighted by molar-refractivity contribution is 5.86. The van der Waals surface area contributed by atoms with Crippen LogP contribution in [0.2, 0.25) is 0 Å². The highest BCUT2D eigenvalue weighted by Gasteiger charge is 2.20. The molecule has 1 heterocycles. The predicted octanol–water partition coefficient (Wildman–Crippen LogP) is 3.09. The normalized spacial score (nSPS) is 11.2. The lowest BCUT2D eigenvalue weighted by Crippen LogP contribution is -2.50. The van der Waals surface area contributed by atoms with Gasteiger partial charge in [-0.25, -0.2) is 0 Å². The van der Waals surface area contributed by atoms with Crippen molar-refractivity contribution in [3.8, 4) is 5.69 Å². The number of carboxylic acids is 1. The molecule has 0 aliphatic heterocycles. The maximum atomic E-state index is 10.9. The lowest BCUT2D eigenvalue weighted by molar-refractivity contribution is -0.136. The third-order valence-electron chi connectivity index (χ3n) is 6.08. The van der Waals surface area contributed by atoms with Gasteiger partial charge in [-0.1, -0.05) is 60.7 Å². The van der Waals surface area contributed by atoms with Gasteiger partial charge in [-0.2, -0.15) is 0 Å². The second-order valence-corrected chi connectivity index (χ2v) is 8.93. The molecule has 4 rings (SSSR count). The van der Waals surface area contributed by atoms with Crippen molar-refractivity contribution in [1.29, 1.82) is 0 Å². The first-order valence-corrected chi connectivity index (χ1v) is 11.9. The number of rotatable bonds is 10. The first-order valence-electron chi connectivity index (χ1n) is 11.9. The number of benzene rings is 3. The largest absolute Gasteiger partial charge is 0.481 e. The zero-order valence-corrected chi connectivity index (χ0v) is 20.3. The van der Waals surface area contributed by atoms with Gasteiger partial charge in [0.15, 0.2) is 0 Å². The van der Waals surface area contributed by atoms with E-state index in [-0.39, 0.29) is 6.42 Å². The van der Waals surface area contributed by atoms with Crippen LogP contribution in [0.3, 0.4) is 0 Å². The number of aromatic nitrogens is 1. The van der Waals surface area contributed by atoms with Crippen LogP contribution in [-0.2, 0) is 24.1 Å². The summed E-state index contributed by atoms with van der Waals surface area (Å²) in [6.07, 6.45) is 4.89. The number of carbonyl (C=O) groups is 1. The van der Waals surface area contributed by atoms with E-state index in [1.165, 1.54) is 16.5 Å². The third-order valence-corrected chi connectivity index (χ3v) is 6.08. The maximum Gasteiger partial charge on any atom is 0.303 e. The van der Waals surface area contributed by atoms with E-state index < -0.39 is 31.3 Å². The van der Waals surface area contributed by atoms with E-state index in [1.54, 1.807) is 0 Å². The van der Waals surface area contributed by atoms with Gasteiger partial charge in [0.1, 0.15) is 0 Å². The summed E-state index contributed by atoms with van der Waals surface area (Å²) in [7, 11) is 0. The van der Waals surface area contributed by atoms with E-state index in [0.717, 1.165) is 29.6 Å². The Bertz CT molecular complexity index is 1230. The number of para-hydroxylation sites is 1. The molecule has 0 saturated heterocycles. The molecule has 0 saturated carbocycles. The molecule has 7 heteroatoms. The van der Waals surface area contributed by atoms with Gasteiger partial charge in [0.2, 0.25) is 0 Å². The average Bonchev–Trinajstić information content (AvgIpc) is 3.29. The van der Waals surface area contributed by atoms with Gasteiger partial charge in [0.05, 0.1) is 30.9 Å². The zero-order chi connectivity index (χ0) is 26.0. The van der Waals surface area contributed by atoms with E-state index in [4.69, 9.17) is 26.2 Å². The number of aliphatic carboxylic acids is 1. The molecule has 0 aliphatic rings. The second kappa shape index (κ2) is 13.0. The van der Waals surface area contributed by atoms with Gasteiger partial charge in [-0.05, 0) is 54.2 Å². The summed E-state index contributed by atoms with van der Waals surface area (Å²) >= 11 is 0. The van der Waals surface area contributed by atoms with Gasteiger partial charge in [0.25, 0.3) is 0 Å². The van der Waals surface area contributed by atoms with Crippen LogP contribution in [-0.4, -0.2) is 56.3 Å². The molecule has 7 nitrogen and oxygen atoms in total. The van der Waals surface area contributed by atoms with Gasteiger partial charge >= 0.3 is 5.97 Å². The molecule has 1 aromatic heterocycles. The van der Waals surface area contributed by atoms with E-state index in [0.29, 0.717) is 6.42 Å². The first kappa shape index (κ1) is 27.1. The molecule has 0 spiro atoms. The Morgan fingerprint density at radius 3 is 1.94 bits per heavy atom. The van der Waals surface area contributed by atoms with Crippen molar-refractivity contribution in [3.63, 3.8) is 0 Å². The van der Waals surface area contributed by atoms with Crippen molar-refractivity contribution in [1.82, 2.24) is 4.57 Å². The topological polar surface area (TPSA) is 129 Å². The second-order valence-electron chi connectivity index (χ2n) is 8.93. The maximum absolute atomic E-state index is 10.9. The number of hydrogen-bond acceptors (Lipinski definition) is 5. The molecule has 0 fully saturated rings. The summed E-state index contributed by atoms with van der Waals surface area (Å²) in [6, 6.07) is 27.2. The van der Waals surface area contributed by atoms with E-state index >= 15 is 0 Å². The van der Waals surface area contributed by atoms with Crippen LogP contribution >= 0.6 is 0 Å². The van der Waals surface area contributed by atoms with Crippen molar-refractivity contribution in [2.45, 2.75) is 31.2 Å². The molecular weight excluding hydrogens is 456 g/mol. The van der Waals surface area contributed by atoms with E-state index in [9.17, 15) is 4.79 Å². The molecule has 0 aliphatic carbocycles. The molecule has 0 unspecified atom stereocenters. The van der Waals surface area contributed by atoms with Crippen LogP contribution in [0.15, 0.2) is 85.1 Å². The van der Waals surface area contributed by atoms with Crippen molar-refractivity contribution < 1.29 is 25.2 Å². The standard InChI is InChI=1S/C25H23NO2.C4H11NO3/c27-25(28)16-13-20-12-15-23-21(14-11-19-7-3-1-4-8-19)18-26(24(23)17-20)22-9-5-2-6-10-22;5-4(1-6,2-7)3-8/h1-10,12,15,17-18H,11,13-14,16H2,(H,27,28);6-8H,1-3,5H2. The third kappa shape index (κ3) is 7.26. The Morgan fingerprint density at radius 1 is 0.778 bits per heavy atom. The highest BCUT2D eigenvalue weighted by Crippen LogP contribution is 2.27. The summed E-state index contributed by atoms with van der Waals surface area (Å²) in [4.78, 5) is 10.9. The van der Waals surface area contributed by atoms with Gasteiger partial charge < -0.3 is 30.7 Å². The van der Waals surface area contributed by atoms with Crippen molar-refractivity contribution in [2.75, 3.05) is 19.8 Å². The number of nitrogens with two attached hydrogens (primary N) is 1. The first-order chi connectivity index (χ1) is 17.4. The van der Waals surface area contributed by atoms with Crippen LogP contribution in [0, 0.1) is 0 Å². The SMILES string of the molecule is NC(CO)(CO)CO.O=C(O)CCc1ccc2c(CCc3ccccc3)cn(-c3ccccc3)c2c1. The Balaban J connectivity index is 0.000000392. The van der Waals surface area contributed by atoms with Gasteiger partial charge in [-0.3, -0.25) is 4.79 Å². The molecule has 0 bridgehead atoms. The fourth-order valence-corrected chi connectivity index (χ4v) is 3.82. The van der Waals surface area contributed by atoms with Crippen LogP contribution < -0.4 is 5.73 Å².